The molecule has 0 N–H and O–H groups in total. The first-order valence-corrected chi connectivity index (χ1v) is 7.30. The van der Waals surface area contributed by atoms with Crippen molar-refractivity contribution < 1.29 is 14.2 Å². The Morgan fingerprint density at radius 2 is 1.24 bits per heavy atom. The van der Waals surface area contributed by atoms with Crippen molar-refractivity contribution in [1.29, 1.82) is 0 Å². The Morgan fingerprint density at radius 1 is 0.706 bits per heavy atom. The molecule has 17 heavy (non-hydrogen) atoms. The Kier molecular flexibility index (Phi) is 1.76. The molecule has 0 radical (unpaired) electrons. The van der Waals surface area contributed by atoms with E-state index < -0.39 is 0 Å². The summed E-state index contributed by atoms with van der Waals surface area (Å²) in [6.07, 6.45) is 10.1. The van der Waals surface area contributed by atoms with Crippen molar-refractivity contribution in [2.45, 2.75) is 68.5 Å². The highest BCUT2D eigenvalue weighted by molar-refractivity contribution is 5.11. The number of hydrogen-bond acceptors (Lipinski definition) is 3. The van der Waals surface area contributed by atoms with Crippen molar-refractivity contribution in [3.8, 4) is 0 Å². The van der Waals surface area contributed by atoms with Gasteiger partial charge >= 0.3 is 0 Å². The number of rotatable bonds is 2. The minimum Gasteiger partial charge on any atom is -0.370 e. The van der Waals surface area contributed by atoms with E-state index in [4.69, 9.17) is 14.2 Å². The summed E-state index contributed by atoms with van der Waals surface area (Å²) in [6, 6.07) is 0. The van der Waals surface area contributed by atoms with Gasteiger partial charge in [0.15, 0.2) is 0 Å². The first-order valence-electron chi connectivity index (χ1n) is 7.30. The average molecular weight is 236 g/mol. The van der Waals surface area contributed by atoms with Gasteiger partial charge < -0.3 is 14.2 Å². The van der Waals surface area contributed by atoms with Crippen molar-refractivity contribution in [1.82, 2.24) is 0 Å². The van der Waals surface area contributed by atoms with Crippen LogP contribution < -0.4 is 0 Å². The second-order valence-corrected chi connectivity index (χ2v) is 6.69. The lowest BCUT2D eigenvalue weighted by atomic mass is 9.69. The molecule has 3 aliphatic heterocycles. The van der Waals surface area contributed by atoms with Gasteiger partial charge in [0.25, 0.3) is 0 Å². The molecule has 5 aliphatic rings. The molecular formula is C14H20O3. The standard InChI is InChI=1S/C14H20O3/c1-3-10-12(16-10)5-8(1)14(7-15-14)9-2-4-11-13(6-9)17-11/h8-13H,1-7H2. The van der Waals surface area contributed by atoms with Crippen LogP contribution in [0.5, 0.6) is 0 Å². The van der Waals surface area contributed by atoms with Gasteiger partial charge in [-0.25, -0.2) is 0 Å². The molecule has 0 aromatic rings. The van der Waals surface area contributed by atoms with Crippen molar-refractivity contribution in [2.24, 2.45) is 11.8 Å². The predicted octanol–water partition coefficient (Wildman–Crippen LogP) is 1.89. The topological polar surface area (TPSA) is 37.6 Å². The Labute approximate surface area is 102 Å². The minimum absolute atomic E-state index is 0.244. The summed E-state index contributed by atoms with van der Waals surface area (Å²) in [4.78, 5) is 0. The zero-order chi connectivity index (χ0) is 11.0. The molecule has 5 rings (SSSR count). The molecule has 0 aromatic heterocycles. The van der Waals surface area contributed by atoms with Crippen LogP contribution in [0.2, 0.25) is 0 Å². The van der Waals surface area contributed by atoms with E-state index in [1.54, 1.807) is 0 Å². The van der Waals surface area contributed by atoms with Gasteiger partial charge in [-0.3, -0.25) is 0 Å². The van der Waals surface area contributed by atoms with Crippen LogP contribution >= 0.6 is 0 Å². The molecule has 6 atom stereocenters. The molecular weight excluding hydrogens is 216 g/mol. The number of fused-ring (bicyclic) bond motifs is 2. The second-order valence-electron chi connectivity index (χ2n) is 6.69. The van der Waals surface area contributed by atoms with E-state index in [9.17, 15) is 0 Å². The van der Waals surface area contributed by atoms with E-state index in [-0.39, 0.29) is 5.60 Å². The lowest BCUT2D eigenvalue weighted by Gasteiger charge is -2.33. The highest BCUT2D eigenvalue weighted by Crippen LogP contribution is 2.57. The Hall–Kier alpha value is -0.120. The van der Waals surface area contributed by atoms with Crippen LogP contribution in [0, 0.1) is 11.8 Å². The molecule has 3 heterocycles. The SMILES string of the molecule is C1CC(C2(C3CCC4OC4C3)CO2)CC2OC12. The summed E-state index contributed by atoms with van der Waals surface area (Å²) in [5.74, 6) is 1.54. The number of epoxide rings is 3. The molecule has 2 saturated carbocycles. The average Bonchev–Trinajstić information content (AvgIpc) is 3.26. The molecule has 0 spiro atoms. The fourth-order valence-electron chi connectivity index (χ4n) is 4.58. The van der Waals surface area contributed by atoms with Gasteiger partial charge in [0.05, 0.1) is 36.6 Å². The molecule has 3 heteroatoms. The highest BCUT2D eigenvalue weighted by Gasteiger charge is 2.62. The third kappa shape index (κ3) is 1.39. The summed E-state index contributed by atoms with van der Waals surface area (Å²) in [5.41, 5.74) is 0.244. The lowest BCUT2D eigenvalue weighted by molar-refractivity contribution is 0.0993. The lowest BCUT2D eigenvalue weighted by Crippen LogP contribution is -2.38. The van der Waals surface area contributed by atoms with Crippen LogP contribution in [0.15, 0.2) is 0 Å². The van der Waals surface area contributed by atoms with Crippen molar-refractivity contribution in [2.75, 3.05) is 6.61 Å². The Morgan fingerprint density at radius 3 is 1.65 bits per heavy atom. The molecule has 3 saturated heterocycles. The maximum absolute atomic E-state index is 6.00. The monoisotopic (exact) mass is 236 g/mol. The van der Waals surface area contributed by atoms with Crippen LogP contribution in [0.1, 0.15) is 38.5 Å². The molecule has 5 fully saturated rings. The van der Waals surface area contributed by atoms with Crippen LogP contribution in [0.4, 0.5) is 0 Å². The van der Waals surface area contributed by atoms with Gasteiger partial charge in [-0.2, -0.15) is 0 Å². The minimum atomic E-state index is 0.244. The summed E-state index contributed by atoms with van der Waals surface area (Å²) < 4.78 is 17.3. The zero-order valence-electron chi connectivity index (χ0n) is 10.1. The molecule has 0 aromatic carbocycles. The molecule has 0 bridgehead atoms. The van der Waals surface area contributed by atoms with Gasteiger partial charge in [-0.05, 0) is 50.4 Å². The van der Waals surface area contributed by atoms with Gasteiger partial charge in [-0.15, -0.1) is 0 Å². The van der Waals surface area contributed by atoms with E-state index >= 15 is 0 Å². The van der Waals surface area contributed by atoms with Crippen LogP contribution in [0.3, 0.4) is 0 Å². The van der Waals surface area contributed by atoms with Crippen LogP contribution in [-0.4, -0.2) is 36.6 Å². The number of ether oxygens (including phenoxy) is 3. The normalized spacial score (nSPS) is 63.5. The van der Waals surface area contributed by atoms with E-state index in [0.29, 0.717) is 24.4 Å². The summed E-state index contributed by atoms with van der Waals surface area (Å²) in [5, 5.41) is 0. The fourth-order valence-corrected chi connectivity index (χ4v) is 4.58. The summed E-state index contributed by atoms with van der Waals surface area (Å²) in [7, 11) is 0. The maximum atomic E-state index is 6.00. The van der Waals surface area contributed by atoms with Gasteiger partial charge in [-0.1, -0.05) is 0 Å². The first-order chi connectivity index (χ1) is 8.35. The van der Waals surface area contributed by atoms with Crippen LogP contribution in [-0.2, 0) is 14.2 Å². The molecule has 94 valence electrons. The van der Waals surface area contributed by atoms with Crippen molar-refractivity contribution >= 4 is 0 Å². The van der Waals surface area contributed by atoms with E-state index in [2.05, 4.69) is 0 Å². The van der Waals surface area contributed by atoms with E-state index in [0.717, 1.165) is 18.4 Å². The van der Waals surface area contributed by atoms with Crippen LogP contribution in [0.25, 0.3) is 0 Å². The van der Waals surface area contributed by atoms with Gasteiger partial charge in [0.2, 0.25) is 0 Å². The van der Waals surface area contributed by atoms with Crippen molar-refractivity contribution in [3.05, 3.63) is 0 Å². The molecule has 0 amide bonds. The second kappa shape index (κ2) is 3.06. The molecule has 3 nitrogen and oxygen atoms in total. The third-order valence-electron chi connectivity index (χ3n) is 5.87. The highest BCUT2D eigenvalue weighted by atomic mass is 16.6. The largest absolute Gasteiger partial charge is 0.370 e. The van der Waals surface area contributed by atoms with E-state index in [1.807, 2.05) is 0 Å². The zero-order valence-corrected chi connectivity index (χ0v) is 10.1. The van der Waals surface area contributed by atoms with Gasteiger partial charge in [0.1, 0.15) is 0 Å². The fraction of sp³-hybridized carbons (Fsp3) is 1.00. The Bertz CT molecular complexity index is 321. The summed E-state index contributed by atoms with van der Waals surface area (Å²) in [6.45, 7) is 1.01. The quantitative estimate of drug-likeness (QED) is 0.687. The third-order valence-corrected chi connectivity index (χ3v) is 5.87. The number of hydrogen-bond donors (Lipinski definition) is 0. The van der Waals surface area contributed by atoms with Crippen molar-refractivity contribution in [3.63, 3.8) is 0 Å². The van der Waals surface area contributed by atoms with E-state index in [1.165, 1.54) is 38.5 Å². The molecule has 2 aliphatic carbocycles. The first kappa shape index (κ1) is 9.76. The smallest absolute Gasteiger partial charge is 0.0974 e. The van der Waals surface area contributed by atoms with Gasteiger partial charge in [0, 0.05) is 0 Å². The molecule has 6 unspecified atom stereocenters. The predicted molar refractivity (Wildman–Crippen MR) is 60.7 cm³/mol. The summed E-state index contributed by atoms with van der Waals surface area (Å²) >= 11 is 0. The Balaban J connectivity index is 1.34. The maximum Gasteiger partial charge on any atom is 0.0974 e.